The van der Waals surface area contributed by atoms with Crippen molar-refractivity contribution >= 4 is 5.97 Å². The van der Waals surface area contributed by atoms with Crippen LogP contribution in [0.5, 0.6) is 0 Å². The van der Waals surface area contributed by atoms with E-state index in [1.807, 2.05) is 0 Å². The van der Waals surface area contributed by atoms with Crippen molar-refractivity contribution in [1.82, 2.24) is 0 Å². The van der Waals surface area contributed by atoms with Gasteiger partial charge in [0.05, 0.1) is 13.0 Å². The van der Waals surface area contributed by atoms with Gasteiger partial charge in [0.15, 0.2) is 0 Å². The maximum absolute atomic E-state index is 12.3. The Hall–Kier alpha value is -0.670. The summed E-state index contributed by atoms with van der Waals surface area (Å²) in [6.45, 7) is 2.20. The second kappa shape index (κ2) is 3.64. The zero-order chi connectivity index (χ0) is 9.07. The summed E-state index contributed by atoms with van der Waals surface area (Å²) in [5.41, 5.74) is 0. The SMILES string of the molecule is COC(=O)[C@@H](C)CC(C)(F)F. The smallest absolute Gasteiger partial charge is 0.308 e. The van der Waals surface area contributed by atoms with Crippen molar-refractivity contribution in [2.24, 2.45) is 5.92 Å². The molecule has 0 N–H and O–H groups in total. The fourth-order valence-corrected chi connectivity index (χ4v) is 0.822. The first-order valence-corrected chi connectivity index (χ1v) is 3.32. The van der Waals surface area contributed by atoms with Crippen LogP contribution in [0, 0.1) is 5.92 Å². The predicted octanol–water partition coefficient (Wildman–Crippen LogP) is 1.84. The predicted molar refractivity (Wildman–Crippen MR) is 36.4 cm³/mol. The molecule has 0 aliphatic rings. The monoisotopic (exact) mass is 166 g/mol. The zero-order valence-electron chi connectivity index (χ0n) is 6.86. The van der Waals surface area contributed by atoms with Crippen LogP contribution >= 0.6 is 0 Å². The van der Waals surface area contributed by atoms with E-state index in [4.69, 9.17) is 0 Å². The van der Waals surface area contributed by atoms with Gasteiger partial charge < -0.3 is 4.74 Å². The minimum Gasteiger partial charge on any atom is -0.469 e. The summed E-state index contributed by atoms with van der Waals surface area (Å²) in [6, 6.07) is 0. The molecule has 0 bridgehead atoms. The van der Waals surface area contributed by atoms with E-state index < -0.39 is 24.2 Å². The summed E-state index contributed by atoms with van der Waals surface area (Å²) < 4.78 is 28.8. The number of carbonyl (C=O) groups excluding carboxylic acids is 1. The van der Waals surface area contributed by atoms with Crippen molar-refractivity contribution in [2.45, 2.75) is 26.2 Å². The first kappa shape index (κ1) is 10.3. The lowest BCUT2D eigenvalue weighted by Gasteiger charge is -2.14. The molecule has 11 heavy (non-hydrogen) atoms. The van der Waals surface area contributed by atoms with E-state index in [1.165, 1.54) is 14.0 Å². The van der Waals surface area contributed by atoms with Crippen LogP contribution < -0.4 is 0 Å². The lowest BCUT2D eigenvalue weighted by molar-refractivity contribution is -0.147. The molecule has 1 atom stereocenters. The van der Waals surface area contributed by atoms with Gasteiger partial charge in [-0.05, 0) is 6.92 Å². The van der Waals surface area contributed by atoms with E-state index in [1.54, 1.807) is 0 Å². The molecule has 0 rings (SSSR count). The summed E-state index contributed by atoms with van der Waals surface area (Å²) in [7, 11) is 1.19. The third-order valence-electron chi connectivity index (χ3n) is 1.27. The molecule has 2 nitrogen and oxygen atoms in total. The van der Waals surface area contributed by atoms with E-state index in [0.29, 0.717) is 0 Å². The second-order valence-corrected chi connectivity index (χ2v) is 2.70. The molecule has 0 saturated heterocycles. The highest BCUT2D eigenvalue weighted by Crippen LogP contribution is 2.22. The van der Waals surface area contributed by atoms with Crippen LogP contribution in [0.4, 0.5) is 8.78 Å². The Morgan fingerprint density at radius 3 is 2.36 bits per heavy atom. The Morgan fingerprint density at radius 2 is 2.09 bits per heavy atom. The molecule has 0 aromatic heterocycles. The fraction of sp³-hybridized carbons (Fsp3) is 0.857. The Morgan fingerprint density at radius 1 is 1.64 bits per heavy atom. The maximum atomic E-state index is 12.3. The fourth-order valence-electron chi connectivity index (χ4n) is 0.822. The van der Waals surface area contributed by atoms with Gasteiger partial charge >= 0.3 is 5.97 Å². The van der Waals surface area contributed by atoms with Gasteiger partial charge in [0, 0.05) is 6.42 Å². The molecule has 0 radical (unpaired) electrons. The van der Waals surface area contributed by atoms with Crippen LogP contribution in [0.15, 0.2) is 0 Å². The minimum atomic E-state index is -2.80. The number of halogens is 2. The number of esters is 1. The van der Waals surface area contributed by atoms with Crippen LogP contribution in [0.1, 0.15) is 20.3 Å². The number of hydrogen-bond acceptors (Lipinski definition) is 2. The van der Waals surface area contributed by atoms with E-state index in [2.05, 4.69) is 4.74 Å². The van der Waals surface area contributed by atoms with Gasteiger partial charge in [-0.1, -0.05) is 6.92 Å². The van der Waals surface area contributed by atoms with Crippen molar-refractivity contribution < 1.29 is 18.3 Å². The highest BCUT2D eigenvalue weighted by molar-refractivity contribution is 5.71. The molecule has 0 fully saturated rings. The van der Waals surface area contributed by atoms with Gasteiger partial charge in [0.1, 0.15) is 0 Å². The van der Waals surface area contributed by atoms with E-state index in [9.17, 15) is 13.6 Å². The Bertz CT molecular complexity index is 140. The molecule has 0 unspecified atom stereocenters. The van der Waals surface area contributed by atoms with Gasteiger partial charge in [-0.15, -0.1) is 0 Å². The average Bonchev–Trinajstić information content (AvgIpc) is 1.82. The third kappa shape index (κ3) is 4.70. The van der Waals surface area contributed by atoms with Gasteiger partial charge in [-0.25, -0.2) is 8.78 Å². The van der Waals surface area contributed by atoms with Gasteiger partial charge in [0.25, 0.3) is 0 Å². The molecule has 0 aliphatic carbocycles. The molecule has 4 heteroatoms. The summed E-state index contributed by atoms with van der Waals surface area (Å²) >= 11 is 0. The molecule has 0 spiro atoms. The number of alkyl halides is 2. The third-order valence-corrected chi connectivity index (χ3v) is 1.27. The van der Waals surface area contributed by atoms with Crippen LogP contribution in [0.25, 0.3) is 0 Å². The normalized spacial score (nSPS) is 14.3. The van der Waals surface area contributed by atoms with E-state index >= 15 is 0 Å². The van der Waals surface area contributed by atoms with Crippen molar-refractivity contribution in [3.63, 3.8) is 0 Å². The highest BCUT2D eigenvalue weighted by Gasteiger charge is 2.28. The molecule has 0 aromatic rings. The van der Waals surface area contributed by atoms with Crippen molar-refractivity contribution in [2.75, 3.05) is 7.11 Å². The molecule has 66 valence electrons. The largest absolute Gasteiger partial charge is 0.469 e. The van der Waals surface area contributed by atoms with Crippen molar-refractivity contribution in [3.8, 4) is 0 Å². The Kier molecular flexibility index (Phi) is 3.42. The van der Waals surface area contributed by atoms with Crippen LogP contribution in [-0.2, 0) is 9.53 Å². The first-order chi connectivity index (χ1) is 4.87. The first-order valence-electron chi connectivity index (χ1n) is 3.32. The molecular formula is C7H12F2O2. The summed E-state index contributed by atoms with van der Waals surface area (Å²) in [6.07, 6.45) is -0.459. The van der Waals surface area contributed by atoms with Gasteiger partial charge in [-0.2, -0.15) is 0 Å². The van der Waals surface area contributed by atoms with Crippen LogP contribution in [0.2, 0.25) is 0 Å². The maximum Gasteiger partial charge on any atom is 0.308 e. The number of ether oxygens (including phenoxy) is 1. The standard InChI is InChI=1S/C7H12F2O2/c1-5(6(10)11-3)4-7(2,8)9/h5H,4H2,1-3H3/t5-/m0/s1. The highest BCUT2D eigenvalue weighted by atomic mass is 19.3. The van der Waals surface area contributed by atoms with E-state index in [-0.39, 0.29) is 0 Å². The van der Waals surface area contributed by atoms with Crippen LogP contribution in [0.3, 0.4) is 0 Å². The number of hydrogen-bond donors (Lipinski definition) is 0. The van der Waals surface area contributed by atoms with E-state index in [0.717, 1.165) is 6.92 Å². The quantitative estimate of drug-likeness (QED) is 0.598. The van der Waals surface area contributed by atoms with Gasteiger partial charge in [-0.3, -0.25) is 4.79 Å². The molecule has 0 saturated carbocycles. The molecule has 0 aliphatic heterocycles. The van der Waals surface area contributed by atoms with Crippen molar-refractivity contribution in [1.29, 1.82) is 0 Å². The minimum absolute atomic E-state index is 0.459. The van der Waals surface area contributed by atoms with Crippen LogP contribution in [-0.4, -0.2) is 19.0 Å². The second-order valence-electron chi connectivity index (χ2n) is 2.70. The van der Waals surface area contributed by atoms with Crippen molar-refractivity contribution in [3.05, 3.63) is 0 Å². The summed E-state index contributed by atoms with van der Waals surface area (Å²) in [4.78, 5) is 10.6. The molecular weight excluding hydrogens is 154 g/mol. The molecule has 0 amide bonds. The number of rotatable bonds is 3. The Labute approximate surface area is 64.5 Å². The summed E-state index contributed by atoms with van der Waals surface area (Å²) in [5, 5.41) is 0. The molecule has 0 heterocycles. The Balaban J connectivity index is 3.87. The average molecular weight is 166 g/mol. The summed E-state index contributed by atoms with van der Waals surface area (Å²) in [5.74, 6) is -4.13. The lowest BCUT2D eigenvalue weighted by Crippen LogP contribution is -2.21. The lowest BCUT2D eigenvalue weighted by atomic mass is 10.0. The zero-order valence-corrected chi connectivity index (χ0v) is 6.86. The topological polar surface area (TPSA) is 26.3 Å². The van der Waals surface area contributed by atoms with Gasteiger partial charge in [0.2, 0.25) is 5.92 Å². The number of methoxy groups -OCH3 is 1. The number of carbonyl (C=O) groups is 1. The molecule has 0 aromatic carbocycles.